The van der Waals surface area contributed by atoms with E-state index in [-0.39, 0.29) is 18.8 Å². The highest BCUT2D eigenvalue weighted by molar-refractivity contribution is 5.89. The van der Waals surface area contributed by atoms with Crippen LogP contribution in [0.25, 0.3) is 6.08 Å². The largest absolute Gasteiger partial charge is 0.493 e. The van der Waals surface area contributed by atoms with Gasteiger partial charge in [0.25, 0.3) is 0 Å². The predicted octanol–water partition coefficient (Wildman–Crippen LogP) is 3.66. The fraction of sp³-hybridized carbons (Fsp3) is 0.250. The molecule has 2 rings (SSSR count). The van der Waals surface area contributed by atoms with Gasteiger partial charge in [0.2, 0.25) is 0 Å². The first kappa shape index (κ1) is 28.9. The maximum Gasteiger partial charge on any atom is 0.336 e. The molecule has 196 valence electrons. The van der Waals surface area contributed by atoms with Crippen LogP contribution in [0.3, 0.4) is 0 Å². The predicted molar refractivity (Wildman–Crippen MR) is 136 cm³/mol. The average molecular weight is 511 g/mol. The molecule has 2 aromatic carbocycles. The van der Waals surface area contributed by atoms with E-state index in [0.717, 1.165) is 11.6 Å². The average Bonchev–Trinajstić information content (AvgIpc) is 2.92. The van der Waals surface area contributed by atoms with Crippen LogP contribution in [0.15, 0.2) is 79.4 Å². The van der Waals surface area contributed by atoms with E-state index in [2.05, 4.69) is 13.2 Å². The van der Waals surface area contributed by atoms with Crippen LogP contribution < -0.4 is 14.2 Å². The molecule has 0 spiro atoms. The molecule has 0 aliphatic rings. The van der Waals surface area contributed by atoms with Gasteiger partial charge in [-0.2, -0.15) is 0 Å². The number of esters is 3. The summed E-state index contributed by atoms with van der Waals surface area (Å²) in [7, 11) is 0. The lowest BCUT2D eigenvalue weighted by molar-refractivity contribution is -0.140. The molecule has 0 aliphatic heterocycles. The molecule has 0 saturated heterocycles. The minimum atomic E-state index is -0.633. The topological polar surface area (TPSA) is 118 Å². The first-order valence-corrected chi connectivity index (χ1v) is 11.5. The molecule has 9 heteroatoms. The van der Waals surface area contributed by atoms with E-state index >= 15 is 0 Å². The Morgan fingerprint density at radius 3 is 1.86 bits per heavy atom. The smallest absolute Gasteiger partial charge is 0.336 e. The van der Waals surface area contributed by atoms with Crippen LogP contribution in [0.2, 0.25) is 0 Å². The van der Waals surface area contributed by atoms with Crippen LogP contribution in [-0.2, 0) is 23.9 Å². The van der Waals surface area contributed by atoms with Crippen LogP contribution in [-0.4, -0.2) is 56.0 Å². The Balaban J connectivity index is 1.67. The number of aliphatic hydroxyl groups is 1. The Morgan fingerprint density at radius 2 is 1.30 bits per heavy atom. The standard InChI is InChI=1S/C28H30O9/c1-3-26(30)35-18-4-16-33-23-9-6-22(7-10-23)8-15-27(31)37-25-13-11-24(12-14-25)34-17-5-19-36-28(32)21(2)20-29/h3,6-15,29H,1-2,4-5,16-20H2/b15-8+. The van der Waals surface area contributed by atoms with Gasteiger partial charge in [0.15, 0.2) is 0 Å². The first-order chi connectivity index (χ1) is 17.9. The van der Waals surface area contributed by atoms with E-state index in [1.807, 2.05) is 0 Å². The molecule has 0 aromatic heterocycles. The molecular formula is C28H30O9. The molecule has 0 aliphatic carbocycles. The van der Waals surface area contributed by atoms with Gasteiger partial charge in [-0.3, -0.25) is 0 Å². The Morgan fingerprint density at radius 1 is 0.757 bits per heavy atom. The van der Waals surface area contributed by atoms with Crippen LogP contribution in [0.4, 0.5) is 0 Å². The summed E-state index contributed by atoms with van der Waals surface area (Å²) in [4.78, 5) is 34.4. The van der Waals surface area contributed by atoms with Gasteiger partial charge in [-0.1, -0.05) is 25.3 Å². The second kappa shape index (κ2) is 16.3. The first-order valence-electron chi connectivity index (χ1n) is 11.5. The van der Waals surface area contributed by atoms with Crippen molar-refractivity contribution in [2.24, 2.45) is 0 Å². The Bertz CT molecular complexity index is 1070. The third kappa shape index (κ3) is 11.7. The van der Waals surface area contributed by atoms with E-state index in [1.54, 1.807) is 54.6 Å². The van der Waals surface area contributed by atoms with E-state index in [4.69, 9.17) is 28.8 Å². The van der Waals surface area contributed by atoms with Crippen molar-refractivity contribution in [2.75, 3.05) is 33.0 Å². The van der Waals surface area contributed by atoms with Crippen LogP contribution in [0.5, 0.6) is 17.2 Å². The fourth-order valence-electron chi connectivity index (χ4n) is 2.65. The van der Waals surface area contributed by atoms with E-state index < -0.39 is 24.5 Å². The van der Waals surface area contributed by atoms with Crippen molar-refractivity contribution in [1.82, 2.24) is 0 Å². The third-order valence-corrected chi connectivity index (χ3v) is 4.57. The summed E-state index contributed by atoms with van der Waals surface area (Å²) >= 11 is 0. The number of hydrogen-bond donors (Lipinski definition) is 1. The highest BCUT2D eigenvalue weighted by Crippen LogP contribution is 2.18. The Kier molecular flexibility index (Phi) is 12.7. The molecule has 0 atom stereocenters. The summed E-state index contributed by atoms with van der Waals surface area (Å²) < 4.78 is 26.2. The number of ether oxygens (including phenoxy) is 5. The molecule has 0 saturated carbocycles. The molecule has 9 nitrogen and oxygen atoms in total. The Labute approximate surface area is 215 Å². The monoisotopic (exact) mass is 510 g/mol. The van der Waals surface area contributed by atoms with Crippen molar-refractivity contribution in [3.05, 3.63) is 85.0 Å². The summed E-state index contributed by atoms with van der Waals surface area (Å²) in [5.74, 6) is -0.0359. The van der Waals surface area contributed by atoms with Gasteiger partial charge in [-0.15, -0.1) is 0 Å². The number of rotatable bonds is 16. The van der Waals surface area contributed by atoms with Gasteiger partial charge < -0.3 is 28.8 Å². The Hall–Kier alpha value is -4.37. The molecule has 0 bridgehead atoms. The molecule has 1 N–H and O–H groups in total. The van der Waals surface area contributed by atoms with Gasteiger partial charge in [0.1, 0.15) is 17.2 Å². The number of benzene rings is 2. The highest BCUT2D eigenvalue weighted by atomic mass is 16.5. The molecular weight excluding hydrogens is 480 g/mol. The fourth-order valence-corrected chi connectivity index (χ4v) is 2.65. The lowest BCUT2D eigenvalue weighted by atomic mass is 10.2. The van der Waals surface area contributed by atoms with Crippen LogP contribution >= 0.6 is 0 Å². The molecule has 0 unspecified atom stereocenters. The summed E-state index contributed by atoms with van der Waals surface area (Å²) in [6.45, 7) is 7.38. The van der Waals surface area contributed by atoms with E-state index in [1.165, 1.54) is 6.08 Å². The molecule has 0 fully saturated rings. The van der Waals surface area contributed by atoms with Gasteiger partial charge in [0.05, 0.1) is 38.6 Å². The molecule has 37 heavy (non-hydrogen) atoms. The number of hydrogen-bond acceptors (Lipinski definition) is 9. The van der Waals surface area contributed by atoms with Gasteiger partial charge in [-0.25, -0.2) is 14.4 Å². The van der Waals surface area contributed by atoms with Crippen LogP contribution in [0, 0.1) is 0 Å². The zero-order valence-corrected chi connectivity index (χ0v) is 20.4. The summed E-state index contributed by atoms with van der Waals surface area (Å²) in [5, 5.41) is 8.80. The van der Waals surface area contributed by atoms with Crippen molar-refractivity contribution >= 4 is 24.0 Å². The number of carbonyl (C=O) groups excluding carboxylic acids is 3. The van der Waals surface area contributed by atoms with Crippen molar-refractivity contribution in [2.45, 2.75) is 12.8 Å². The van der Waals surface area contributed by atoms with Crippen LogP contribution in [0.1, 0.15) is 18.4 Å². The normalized spacial score (nSPS) is 10.4. The number of aliphatic hydroxyl groups excluding tert-OH is 1. The zero-order chi connectivity index (χ0) is 26.9. The third-order valence-electron chi connectivity index (χ3n) is 4.57. The molecule has 0 heterocycles. The zero-order valence-electron chi connectivity index (χ0n) is 20.4. The lowest BCUT2D eigenvalue weighted by Crippen LogP contribution is -2.12. The minimum absolute atomic E-state index is 0.00219. The maximum atomic E-state index is 12.1. The van der Waals surface area contributed by atoms with E-state index in [9.17, 15) is 14.4 Å². The maximum absolute atomic E-state index is 12.1. The van der Waals surface area contributed by atoms with Gasteiger partial charge in [0, 0.05) is 25.0 Å². The van der Waals surface area contributed by atoms with Crippen molar-refractivity contribution < 1.29 is 43.2 Å². The summed E-state index contributed by atoms with van der Waals surface area (Å²) in [5.41, 5.74) is 0.793. The minimum Gasteiger partial charge on any atom is -0.493 e. The van der Waals surface area contributed by atoms with Gasteiger partial charge in [-0.05, 0) is 48.0 Å². The quantitative estimate of drug-likeness (QED) is 0.156. The molecule has 2 aromatic rings. The van der Waals surface area contributed by atoms with Crippen molar-refractivity contribution in [3.63, 3.8) is 0 Å². The number of carbonyl (C=O) groups is 3. The lowest BCUT2D eigenvalue weighted by Gasteiger charge is -2.08. The van der Waals surface area contributed by atoms with Gasteiger partial charge >= 0.3 is 17.9 Å². The summed E-state index contributed by atoms with van der Waals surface area (Å²) in [6, 6.07) is 13.7. The molecule has 0 amide bonds. The SMILES string of the molecule is C=CC(=O)OCCCOc1ccc(/C=C/C(=O)Oc2ccc(OCCCOC(=O)C(=C)CO)cc2)cc1. The molecule has 0 radical (unpaired) electrons. The van der Waals surface area contributed by atoms with Crippen molar-refractivity contribution in [1.29, 1.82) is 0 Å². The summed E-state index contributed by atoms with van der Waals surface area (Å²) in [6.07, 6.45) is 5.08. The highest BCUT2D eigenvalue weighted by Gasteiger charge is 2.07. The second-order valence-electron chi connectivity index (χ2n) is 7.47. The van der Waals surface area contributed by atoms with E-state index in [0.29, 0.717) is 43.3 Å². The van der Waals surface area contributed by atoms with Crippen molar-refractivity contribution in [3.8, 4) is 17.2 Å². The second-order valence-corrected chi connectivity index (χ2v) is 7.47.